The summed E-state index contributed by atoms with van der Waals surface area (Å²) in [4.78, 5) is 13.3. The number of carbonyl (C=O) groups excluding carboxylic acids is 1. The largest absolute Gasteiger partial charge is 0.395 e. The van der Waals surface area contributed by atoms with Crippen molar-refractivity contribution in [1.82, 2.24) is 4.90 Å². The summed E-state index contributed by atoms with van der Waals surface area (Å²) in [5, 5.41) is 9.27. The van der Waals surface area contributed by atoms with Crippen LogP contribution in [0, 0.1) is 5.41 Å². The molecule has 1 N–H and O–H groups in total. The molecular weight excluding hydrogens is 178 g/mol. The zero-order valence-electron chi connectivity index (χ0n) is 9.04. The lowest BCUT2D eigenvalue weighted by Gasteiger charge is -2.24. The topological polar surface area (TPSA) is 40.5 Å². The first-order valence-corrected chi connectivity index (χ1v) is 5.48. The molecule has 0 spiro atoms. The minimum Gasteiger partial charge on any atom is -0.395 e. The Morgan fingerprint density at radius 1 is 1.29 bits per heavy atom. The van der Waals surface area contributed by atoms with Crippen LogP contribution in [0.2, 0.25) is 0 Å². The van der Waals surface area contributed by atoms with Crippen LogP contribution in [0.15, 0.2) is 0 Å². The maximum absolute atomic E-state index is 11.0. The molecule has 0 aliphatic carbocycles. The highest BCUT2D eigenvalue weighted by molar-refractivity contribution is 5.59. The molecule has 82 valence electrons. The zero-order chi connectivity index (χ0) is 10.4. The first kappa shape index (κ1) is 11.7. The highest BCUT2D eigenvalue weighted by Gasteiger charge is 2.28. The quantitative estimate of drug-likeness (QED) is 0.676. The summed E-state index contributed by atoms with van der Waals surface area (Å²) in [5.74, 6) is 0. The first-order chi connectivity index (χ1) is 6.72. The highest BCUT2D eigenvalue weighted by atomic mass is 16.3. The van der Waals surface area contributed by atoms with Crippen molar-refractivity contribution in [3.05, 3.63) is 0 Å². The summed E-state index contributed by atoms with van der Waals surface area (Å²) in [5.41, 5.74) is -0.439. The van der Waals surface area contributed by atoms with Crippen molar-refractivity contribution in [2.75, 3.05) is 26.7 Å². The molecule has 1 atom stereocenters. The van der Waals surface area contributed by atoms with Gasteiger partial charge in [-0.2, -0.15) is 0 Å². The Hall–Kier alpha value is -0.410. The average Bonchev–Trinajstić information content (AvgIpc) is 2.29. The van der Waals surface area contributed by atoms with Crippen molar-refractivity contribution in [3.8, 4) is 0 Å². The molecule has 3 nitrogen and oxygen atoms in total. The van der Waals surface area contributed by atoms with E-state index in [0.717, 1.165) is 51.5 Å². The van der Waals surface area contributed by atoms with Gasteiger partial charge in [-0.1, -0.05) is 6.42 Å². The molecule has 0 aromatic carbocycles. The molecule has 0 saturated carbocycles. The molecular formula is C11H21NO2. The van der Waals surface area contributed by atoms with Crippen LogP contribution in [-0.4, -0.2) is 43.0 Å². The van der Waals surface area contributed by atoms with Crippen LogP contribution in [0.5, 0.6) is 0 Å². The van der Waals surface area contributed by atoms with E-state index >= 15 is 0 Å². The van der Waals surface area contributed by atoms with Crippen LogP contribution >= 0.6 is 0 Å². The number of aliphatic hydroxyl groups excluding tert-OH is 1. The fourth-order valence-corrected chi connectivity index (χ4v) is 2.11. The van der Waals surface area contributed by atoms with Gasteiger partial charge in [0.15, 0.2) is 0 Å². The van der Waals surface area contributed by atoms with Crippen molar-refractivity contribution in [2.24, 2.45) is 5.41 Å². The molecule has 3 heteroatoms. The molecule has 1 unspecified atom stereocenters. The number of carbonyl (C=O) groups is 1. The van der Waals surface area contributed by atoms with E-state index in [1.807, 2.05) is 0 Å². The summed E-state index contributed by atoms with van der Waals surface area (Å²) < 4.78 is 0. The van der Waals surface area contributed by atoms with Gasteiger partial charge in [-0.3, -0.25) is 0 Å². The van der Waals surface area contributed by atoms with E-state index < -0.39 is 5.41 Å². The third-order valence-corrected chi connectivity index (χ3v) is 3.24. The minimum absolute atomic E-state index is 0.0141. The van der Waals surface area contributed by atoms with Gasteiger partial charge in [0.25, 0.3) is 0 Å². The highest BCUT2D eigenvalue weighted by Crippen LogP contribution is 2.28. The molecule has 1 aliphatic rings. The van der Waals surface area contributed by atoms with E-state index in [1.165, 1.54) is 0 Å². The predicted molar refractivity (Wildman–Crippen MR) is 56.2 cm³/mol. The normalized spacial score (nSPS) is 31.6. The average molecular weight is 199 g/mol. The Morgan fingerprint density at radius 3 is 2.57 bits per heavy atom. The van der Waals surface area contributed by atoms with Crippen molar-refractivity contribution < 1.29 is 9.90 Å². The lowest BCUT2D eigenvalue weighted by atomic mass is 9.81. The van der Waals surface area contributed by atoms with Gasteiger partial charge in [0.1, 0.15) is 6.29 Å². The maximum atomic E-state index is 11.0. The second-order valence-corrected chi connectivity index (χ2v) is 4.50. The van der Waals surface area contributed by atoms with Gasteiger partial charge < -0.3 is 14.8 Å². The van der Waals surface area contributed by atoms with Crippen LogP contribution in [-0.2, 0) is 4.79 Å². The van der Waals surface area contributed by atoms with E-state index in [0.29, 0.717) is 0 Å². The number of rotatable bonds is 2. The second-order valence-electron chi connectivity index (χ2n) is 4.50. The van der Waals surface area contributed by atoms with Gasteiger partial charge in [0, 0.05) is 5.41 Å². The number of aldehydes is 1. The SMILES string of the molecule is CN1CCCCC(C=O)(CO)CCC1. The van der Waals surface area contributed by atoms with E-state index in [9.17, 15) is 9.90 Å². The molecule has 1 aliphatic heterocycles. The Morgan fingerprint density at radius 2 is 1.93 bits per heavy atom. The second kappa shape index (κ2) is 5.47. The van der Waals surface area contributed by atoms with Gasteiger partial charge >= 0.3 is 0 Å². The fraction of sp³-hybridized carbons (Fsp3) is 0.909. The summed E-state index contributed by atoms with van der Waals surface area (Å²) in [6, 6.07) is 0. The van der Waals surface area contributed by atoms with Gasteiger partial charge in [0.05, 0.1) is 6.61 Å². The maximum Gasteiger partial charge on any atom is 0.128 e. The molecule has 0 aromatic heterocycles. The van der Waals surface area contributed by atoms with Gasteiger partial charge in [-0.05, 0) is 45.8 Å². The molecule has 1 fully saturated rings. The standard InChI is InChI=1S/C11H21NO2/c1-12-7-3-2-5-11(9-13,10-14)6-4-8-12/h9,14H,2-8,10H2,1H3. The summed E-state index contributed by atoms with van der Waals surface area (Å²) in [7, 11) is 2.12. The molecule has 1 heterocycles. The van der Waals surface area contributed by atoms with Gasteiger partial charge in [0.2, 0.25) is 0 Å². The molecule has 0 amide bonds. The number of nitrogens with zero attached hydrogens (tertiary/aromatic N) is 1. The monoisotopic (exact) mass is 199 g/mol. The number of hydrogen-bond acceptors (Lipinski definition) is 3. The number of aliphatic hydroxyl groups is 1. The predicted octanol–water partition coefficient (Wildman–Crippen LogP) is 1.06. The van der Waals surface area contributed by atoms with E-state index in [4.69, 9.17) is 0 Å². The Balaban J connectivity index is 2.55. The smallest absolute Gasteiger partial charge is 0.128 e. The Kier molecular flexibility index (Phi) is 4.55. The van der Waals surface area contributed by atoms with Crippen molar-refractivity contribution in [2.45, 2.75) is 32.1 Å². The third-order valence-electron chi connectivity index (χ3n) is 3.24. The molecule has 0 aromatic rings. The van der Waals surface area contributed by atoms with Crippen LogP contribution in [0.3, 0.4) is 0 Å². The van der Waals surface area contributed by atoms with Crippen molar-refractivity contribution >= 4 is 6.29 Å². The fourth-order valence-electron chi connectivity index (χ4n) is 2.11. The van der Waals surface area contributed by atoms with Gasteiger partial charge in [-0.25, -0.2) is 0 Å². The van der Waals surface area contributed by atoms with E-state index in [-0.39, 0.29) is 6.61 Å². The molecule has 1 rings (SSSR count). The van der Waals surface area contributed by atoms with Gasteiger partial charge in [-0.15, -0.1) is 0 Å². The summed E-state index contributed by atoms with van der Waals surface area (Å²) in [6.07, 6.45) is 5.84. The van der Waals surface area contributed by atoms with Crippen molar-refractivity contribution in [1.29, 1.82) is 0 Å². The molecule has 14 heavy (non-hydrogen) atoms. The van der Waals surface area contributed by atoms with E-state index in [1.54, 1.807) is 0 Å². The third kappa shape index (κ3) is 3.07. The minimum atomic E-state index is -0.439. The lowest BCUT2D eigenvalue weighted by molar-refractivity contribution is -0.119. The van der Waals surface area contributed by atoms with Crippen molar-refractivity contribution in [3.63, 3.8) is 0 Å². The van der Waals surface area contributed by atoms with Crippen LogP contribution in [0.4, 0.5) is 0 Å². The zero-order valence-corrected chi connectivity index (χ0v) is 9.04. The van der Waals surface area contributed by atoms with Crippen LogP contribution in [0.1, 0.15) is 32.1 Å². The molecule has 1 saturated heterocycles. The van der Waals surface area contributed by atoms with Crippen LogP contribution in [0.25, 0.3) is 0 Å². The lowest BCUT2D eigenvalue weighted by Crippen LogP contribution is -2.28. The summed E-state index contributed by atoms with van der Waals surface area (Å²) >= 11 is 0. The molecule has 0 radical (unpaired) electrons. The molecule has 0 bridgehead atoms. The number of hydrogen-bond donors (Lipinski definition) is 1. The van der Waals surface area contributed by atoms with Crippen LogP contribution < -0.4 is 0 Å². The summed E-state index contributed by atoms with van der Waals surface area (Å²) in [6.45, 7) is 2.16. The first-order valence-electron chi connectivity index (χ1n) is 5.48. The Bertz CT molecular complexity index is 184. The Labute approximate surface area is 86.1 Å². The van der Waals surface area contributed by atoms with E-state index in [2.05, 4.69) is 11.9 Å².